The Morgan fingerprint density at radius 2 is 1.34 bits per heavy atom. The highest BCUT2D eigenvalue weighted by Gasteiger charge is 1.95. The largest absolute Gasteiger partial charge is 0.508 e. The van der Waals surface area contributed by atoms with E-state index in [0.717, 1.165) is 25.7 Å². The minimum absolute atomic E-state index is 0.316. The number of para-hydroxylation sites is 1. The third kappa shape index (κ3) is 27.7. The maximum Gasteiger partial charge on any atom is 0.303 e. The average molecular weight is 403 g/mol. The fourth-order valence-electron chi connectivity index (χ4n) is 2.30. The predicted octanol–water partition coefficient (Wildman–Crippen LogP) is 6.87. The van der Waals surface area contributed by atoms with Gasteiger partial charge in [0.2, 0.25) is 0 Å². The molecule has 0 aliphatic rings. The van der Waals surface area contributed by atoms with Crippen LogP contribution < -0.4 is 0 Å². The summed E-state index contributed by atoms with van der Waals surface area (Å²) >= 11 is 0. The molecule has 4 heteroatoms. The summed E-state index contributed by atoms with van der Waals surface area (Å²) in [6.07, 6.45) is 23.3. The van der Waals surface area contributed by atoms with Crippen LogP contribution in [-0.4, -0.2) is 23.0 Å². The van der Waals surface area contributed by atoms with E-state index in [1.165, 1.54) is 32.1 Å². The first-order valence-corrected chi connectivity index (χ1v) is 10.4. The van der Waals surface area contributed by atoms with E-state index in [9.17, 15) is 4.79 Å². The molecule has 0 amide bonds. The molecule has 29 heavy (non-hydrogen) atoms. The third-order valence-corrected chi connectivity index (χ3v) is 3.85. The molecule has 0 aliphatic carbocycles. The Labute approximate surface area is 176 Å². The summed E-state index contributed by atoms with van der Waals surface area (Å²) < 4.78 is 0. The van der Waals surface area contributed by atoms with E-state index in [4.69, 9.17) is 15.0 Å². The van der Waals surface area contributed by atoms with Crippen molar-refractivity contribution >= 4 is 12.8 Å². The van der Waals surface area contributed by atoms with Gasteiger partial charge in [0.15, 0.2) is 0 Å². The molecule has 0 aliphatic heterocycles. The number of aromatic hydroxyl groups is 1. The average Bonchev–Trinajstić information content (AvgIpc) is 2.73. The van der Waals surface area contributed by atoms with Gasteiger partial charge >= 0.3 is 5.97 Å². The number of hydrogen-bond donors (Lipinski definition) is 2. The molecule has 0 fully saturated rings. The molecule has 0 saturated heterocycles. The molecule has 2 N–H and O–H groups in total. The van der Waals surface area contributed by atoms with Gasteiger partial charge in [0.25, 0.3) is 0 Å². The third-order valence-electron chi connectivity index (χ3n) is 3.85. The first-order chi connectivity index (χ1) is 14.2. The lowest BCUT2D eigenvalue weighted by atomic mass is 10.1. The van der Waals surface area contributed by atoms with Gasteiger partial charge < -0.3 is 15.0 Å². The summed E-state index contributed by atoms with van der Waals surface area (Å²) in [5.41, 5.74) is 0. The van der Waals surface area contributed by atoms with E-state index in [2.05, 4.69) is 43.4 Å². The number of phenolic OH excluding ortho intramolecular Hbond substituents is 1. The van der Waals surface area contributed by atoms with Crippen molar-refractivity contribution in [3.05, 3.63) is 66.8 Å². The number of phenols is 1. The van der Waals surface area contributed by atoms with Crippen molar-refractivity contribution < 1.29 is 19.8 Å². The zero-order valence-corrected chi connectivity index (χ0v) is 17.8. The summed E-state index contributed by atoms with van der Waals surface area (Å²) in [5, 5.41) is 17.1. The van der Waals surface area contributed by atoms with Gasteiger partial charge in [-0.3, -0.25) is 4.79 Å². The van der Waals surface area contributed by atoms with Gasteiger partial charge in [0.05, 0.1) is 0 Å². The first kappa shape index (κ1) is 28.6. The SMILES string of the molecule is C=O.CCCCC=CC=CC=CCCCCCCCC(=O)O.Oc1ccccc1. The molecule has 0 heterocycles. The molecule has 0 bridgehead atoms. The van der Waals surface area contributed by atoms with Crippen molar-refractivity contribution in [2.75, 3.05) is 0 Å². The van der Waals surface area contributed by atoms with Crippen molar-refractivity contribution in [1.82, 2.24) is 0 Å². The van der Waals surface area contributed by atoms with Crippen LogP contribution in [0.3, 0.4) is 0 Å². The van der Waals surface area contributed by atoms with Gasteiger partial charge in [-0.2, -0.15) is 0 Å². The maximum absolute atomic E-state index is 10.3. The standard InChI is InChI=1S/C18H30O2.C6H6O.CH2O/c1-2-3-4-5-6-7-8-9-10-11-12-13-14-15-16-17-18(19)20;7-6-4-2-1-3-5-6;1-2/h5-10H,2-4,11-17H2,1H3,(H,19,20);1-5,7H;1H2. The van der Waals surface area contributed by atoms with E-state index in [1.54, 1.807) is 24.3 Å². The topological polar surface area (TPSA) is 74.6 Å². The molecule has 0 radical (unpaired) electrons. The Morgan fingerprint density at radius 1 is 0.828 bits per heavy atom. The van der Waals surface area contributed by atoms with Crippen LogP contribution in [0.4, 0.5) is 0 Å². The van der Waals surface area contributed by atoms with Crippen LogP contribution in [0.25, 0.3) is 0 Å². The Morgan fingerprint density at radius 3 is 1.83 bits per heavy atom. The number of unbranched alkanes of at least 4 members (excludes halogenated alkanes) is 7. The minimum atomic E-state index is -0.677. The number of carboxylic acid groups (broad SMARTS) is 1. The van der Waals surface area contributed by atoms with Crippen LogP contribution in [-0.2, 0) is 9.59 Å². The smallest absolute Gasteiger partial charge is 0.303 e. The van der Waals surface area contributed by atoms with Gasteiger partial charge in [-0.15, -0.1) is 0 Å². The maximum atomic E-state index is 10.3. The molecule has 4 nitrogen and oxygen atoms in total. The van der Waals surface area contributed by atoms with Crippen LogP contribution in [0.1, 0.15) is 71.1 Å². The van der Waals surface area contributed by atoms with Crippen molar-refractivity contribution in [3.8, 4) is 5.75 Å². The first-order valence-electron chi connectivity index (χ1n) is 10.4. The molecule has 0 spiro atoms. The second-order valence-electron chi connectivity index (χ2n) is 6.42. The minimum Gasteiger partial charge on any atom is -0.508 e. The summed E-state index contributed by atoms with van der Waals surface area (Å²) in [7, 11) is 0. The van der Waals surface area contributed by atoms with Gasteiger partial charge in [-0.1, -0.05) is 93.7 Å². The molecule has 0 atom stereocenters. The van der Waals surface area contributed by atoms with Crippen LogP contribution in [0, 0.1) is 0 Å². The molecular formula is C25H38O4. The number of hydrogen-bond acceptors (Lipinski definition) is 3. The second kappa shape index (κ2) is 25.4. The molecule has 162 valence electrons. The molecule has 1 aromatic rings. The predicted molar refractivity (Wildman–Crippen MR) is 122 cm³/mol. The monoisotopic (exact) mass is 402 g/mol. The Bertz CT molecular complexity index is 547. The van der Waals surface area contributed by atoms with E-state index in [0.29, 0.717) is 12.2 Å². The van der Waals surface area contributed by atoms with Crippen molar-refractivity contribution in [1.29, 1.82) is 0 Å². The van der Waals surface area contributed by atoms with Crippen molar-refractivity contribution in [2.24, 2.45) is 0 Å². The van der Waals surface area contributed by atoms with Crippen LogP contribution >= 0.6 is 0 Å². The highest BCUT2D eigenvalue weighted by Crippen LogP contribution is 2.07. The van der Waals surface area contributed by atoms with Crippen LogP contribution in [0.5, 0.6) is 5.75 Å². The van der Waals surface area contributed by atoms with Crippen LogP contribution in [0.2, 0.25) is 0 Å². The molecular weight excluding hydrogens is 364 g/mol. The quantitative estimate of drug-likeness (QED) is 0.279. The zero-order chi connectivity index (χ0) is 22.0. The number of carbonyl (C=O) groups excluding carboxylic acids is 1. The Hall–Kier alpha value is -2.62. The number of benzene rings is 1. The Kier molecular flexibility index (Phi) is 25.0. The highest BCUT2D eigenvalue weighted by molar-refractivity contribution is 5.66. The highest BCUT2D eigenvalue weighted by atomic mass is 16.4. The van der Waals surface area contributed by atoms with Gasteiger partial charge in [-0.05, 0) is 37.8 Å². The summed E-state index contributed by atoms with van der Waals surface area (Å²) in [4.78, 5) is 18.3. The van der Waals surface area contributed by atoms with E-state index in [1.807, 2.05) is 12.9 Å². The second-order valence-corrected chi connectivity index (χ2v) is 6.42. The number of rotatable bonds is 13. The van der Waals surface area contributed by atoms with Crippen LogP contribution in [0.15, 0.2) is 66.8 Å². The lowest BCUT2D eigenvalue weighted by Gasteiger charge is -1.97. The van der Waals surface area contributed by atoms with Crippen molar-refractivity contribution in [3.63, 3.8) is 0 Å². The molecule has 0 unspecified atom stereocenters. The van der Waals surface area contributed by atoms with E-state index < -0.39 is 5.97 Å². The number of allylic oxidation sites excluding steroid dienone is 6. The van der Waals surface area contributed by atoms with Gasteiger partial charge in [0.1, 0.15) is 12.5 Å². The summed E-state index contributed by atoms with van der Waals surface area (Å²) in [5.74, 6) is -0.356. The molecule has 1 aromatic carbocycles. The number of carboxylic acids is 1. The van der Waals surface area contributed by atoms with E-state index >= 15 is 0 Å². The van der Waals surface area contributed by atoms with Gasteiger partial charge in [-0.25, -0.2) is 0 Å². The molecule has 0 saturated carbocycles. The lowest BCUT2D eigenvalue weighted by Crippen LogP contribution is -1.93. The fourth-order valence-corrected chi connectivity index (χ4v) is 2.30. The van der Waals surface area contributed by atoms with E-state index in [-0.39, 0.29) is 0 Å². The number of carbonyl (C=O) groups is 2. The van der Waals surface area contributed by atoms with Gasteiger partial charge in [0, 0.05) is 6.42 Å². The molecule has 1 rings (SSSR count). The lowest BCUT2D eigenvalue weighted by molar-refractivity contribution is -0.137. The molecule has 0 aromatic heterocycles. The summed E-state index contributed by atoms with van der Waals surface area (Å²) in [6, 6.07) is 8.71. The normalized spacial score (nSPS) is 10.5. The van der Waals surface area contributed by atoms with Crippen molar-refractivity contribution in [2.45, 2.75) is 71.1 Å². The Balaban J connectivity index is 0. The number of aliphatic carboxylic acids is 1. The summed E-state index contributed by atoms with van der Waals surface area (Å²) in [6.45, 7) is 4.21. The fraction of sp³-hybridized carbons (Fsp3) is 0.440. The zero-order valence-electron chi connectivity index (χ0n) is 17.8.